The number of aromatic nitrogens is 5. The third-order valence-electron chi connectivity index (χ3n) is 4.04. The van der Waals surface area contributed by atoms with E-state index in [1.807, 2.05) is 0 Å². The van der Waals surface area contributed by atoms with E-state index in [2.05, 4.69) is 20.4 Å². The standard InChI is InChI=1S/C17H15FN6O2.H3O4P/c1-10-9-24(17(25)26-10)12-4-5-13(14(18)7-12)11-3-6-15(19-8-11)16-20-22-23(2)21-16;1-5(2,3)4/h3-8,10H,9H2,1-2H3;(H3,1,2,3,4)/t10-;/m1./s1. The van der Waals surface area contributed by atoms with Gasteiger partial charge in [0.25, 0.3) is 0 Å². The van der Waals surface area contributed by atoms with Crippen LogP contribution >= 0.6 is 7.82 Å². The Kier molecular flexibility index (Phi) is 6.41. The normalized spacial score (nSPS) is 16.0. The third-order valence-corrected chi connectivity index (χ3v) is 4.04. The van der Waals surface area contributed by atoms with E-state index in [1.54, 1.807) is 44.4 Å². The van der Waals surface area contributed by atoms with Gasteiger partial charge in [-0.2, -0.15) is 4.80 Å². The number of phosphoric acid groups is 1. The fourth-order valence-electron chi connectivity index (χ4n) is 2.79. The Morgan fingerprint density at radius 2 is 1.94 bits per heavy atom. The molecule has 3 heterocycles. The number of cyclic esters (lactones) is 1. The molecule has 3 aromatic rings. The summed E-state index contributed by atoms with van der Waals surface area (Å²) >= 11 is 0. The zero-order valence-electron chi connectivity index (χ0n) is 16.3. The van der Waals surface area contributed by atoms with Gasteiger partial charge < -0.3 is 19.4 Å². The minimum Gasteiger partial charge on any atom is -0.444 e. The molecule has 2 aromatic heterocycles. The topological polar surface area (TPSA) is 164 Å². The van der Waals surface area contributed by atoms with Crippen LogP contribution in [0.5, 0.6) is 0 Å². The molecule has 1 aromatic carbocycles. The molecule has 31 heavy (non-hydrogen) atoms. The smallest absolute Gasteiger partial charge is 0.444 e. The highest BCUT2D eigenvalue weighted by Crippen LogP contribution is 2.29. The average molecular weight is 452 g/mol. The first-order valence-corrected chi connectivity index (χ1v) is 10.3. The number of hydrogen-bond donors (Lipinski definition) is 3. The first kappa shape index (κ1) is 22.4. The number of carbonyl (C=O) groups excluding carboxylic acids is 1. The van der Waals surface area contributed by atoms with Gasteiger partial charge in [-0.25, -0.2) is 13.8 Å². The summed E-state index contributed by atoms with van der Waals surface area (Å²) < 4.78 is 28.6. The number of carbonyl (C=O) groups is 1. The number of halogens is 1. The lowest BCUT2D eigenvalue weighted by atomic mass is 10.1. The zero-order valence-corrected chi connectivity index (χ0v) is 17.2. The molecule has 12 nitrogen and oxygen atoms in total. The molecule has 0 spiro atoms. The first-order chi connectivity index (χ1) is 14.5. The number of ether oxygens (including phenoxy) is 1. The predicted molar refractivity (Wildman–Crippen MR) is 105 cm³/mol. The highest BCUT2D eigenvalue weighted by atomic mass is 31.2. The summed E-state index contributed by atoms with van der Waals surface area (Å²) in [6, 6.07) is 8.09. The number of benzene rings is 1. The molecule has 1 aliphatic heterocycles. The van der Waals surface area contributed by atoms with Crippen molar-refractivity contribution in [3.05, 3.63) is 42.3 Å². The van der Waals surface area contributed by atoms with Crippen molar-refractivity contribution in [2.45, 2.75) is 13.0 Å². The Morgan fingerprint density at radius 3 is 2.42 bits per heavy atom. The molecule has 0 aliphatic carbocycles. The zero-order chi connectivity index (χ0) is 22.8. The molecule has 1 atom stereocenters. The summed E-state index contributed by atoms with van der Waals surface area (Å²) in [6.07, 6.45) is 0.875. The van der Waals surface area contributed by atoms with Crippen LogP contribution in [0.1, 0.15) is 6.92 Å². The van der Waals surface area contributed by atoms with Crippen LogP contribution in [-0.2, 0) is 16.3 Å². The van der Waals surface area contributed by atoms with Gasteiger partial charge in [0.15, 0.2) is 0 Å². The number of anilines is 1. The van der Waals surface area contributed by atoms with Crippen molar-refractivity contribution >= 4 is 19.6 Å². The molecule has 0 bridgehead atoms. The van der Waals surface area contributed by atoms with Crippen LogP contribution in [0.25, 0.3) is 22.6 Å². The minimum absolute atomic E-state index is 0.211. The second-order valence-electron chi connectivity index (χ2n) is 6.52. The summed E-state index contributed by atoms with van der Waals surface area (Å²) in [6.45, 7) is 2.20. The number of aryl methyl sites for hydroxylation is 1. The maximum absolute atomic E-state index is 14.6. The molecule has 14 heteroatoms. The molecule has 0 unspecified atom stereocenters. The minimum atomic E-state index is -4.64. The first-order valence-electron chi connectivity index (χ1n) is 8.78. The lowest BCUT2D eigenvalue weighted by molar-refractivity contribution is 0.150. The summed E-state index contributed by atoms with van der Waals surface area (Å²) in [4.78, 5) is 40.4. The Labute approximate surface area is 175 Å². The van der Waals surface area contributed by atoms with Crippen LogP contribution in [0, 0.1) is 5.82 Å². The number of rotatable bonds is 3. The SMILES string of the molecule is C[C@@H]1CN(c2ccc(-c3ccc(-c4nnn(C)n4)nc3)c(F)c2)C(=O)O1.O=P(O)(O)O. The van der Waals surface area contributed by atoms with Crippen molar-refractivity contribution in [3.63, 3.8) is 0 Å². The van der Waals surface area contributed by atoms with Gasteiger partial charge in [0, 0.05) is 17.3 Å². The Bertz CT molecular complexity index is 1130. The molecule has 4 rings (SSSR count). The maximum Gasteiger partial charge on any atom is 0.466 e. The monoisotopic (exact) mass is 452 g/mol. The van der Waals surface area contributed by atoms with Crippen molar-refractivity contribution in [2.75, 3.05) is 11.4 Å². The van der Waals surface area contributed by atoms with Gasteiger partial charge in [-0.15, -0.1) is 10.2 Å². The molecular formula is C17H18FN6O6P. The number of nitrogens with zero attached hydrogens (tertiary/aromatic N) is 6. The number of amides is 1. The van der Waals surface area contributed by atoms with Crippen molar-refractivity contribution in [1.29, 1.82) is 0 Å². The van der Waals surface area contributed by atoms with Crippen molar-refractivity contribution < 1.29 is 33.2 Å². The van der Waals surface area contributed by atoms with E-state index >= 15 is 0 Å². The predicted octanol–water partition coefficient (Wildman–Crippen LogP) is 1.49. The maximum atomic E-state index is 14.6. The van der Waals surface area contributed by atoms with Crippen LogP contribution in [0.15, 0.2) is 36.5 Å². The van der Waals surface area contributed by atoms with Crippen molar-refractivity contribution in [2.24, 2.45) is 7.05 Å². The van der Waals surface area contributed by atoms with Gasteiger partial charge >= 0.3 is 13.9 Å². The van der Waals surface area contributed by atoms with E-state index in [4.69, 9.17) is 24.0 Å². The van der Waals surface area contributed by atoms with E-state index in [9.17, 15) is 9.18 Å². The van der Waals surface area contributed by atoms with E-state index in [1.165, 1.54) is 15.8 Å². The van der Waals surface area contributed by atoms with E-state index < -0.39 is 19.7 Å². The van der Waals surface area contributed by atoms with Crippen LogP contribution in [0.3, 0.4) is 0 Å². The van der Waals surface area contributed by atoms with E-state index in [0.717, 1.165) is 0 Å². The molecule has 1 amide bonds. The fraction of sp³-hybridized carbons (Fsp3) is 0.235. The van der Waals surface area contributed by atoms with Crippen LogP contribution in [0.4, 0.5) is 14.9 Å². The quantitative estimate of drug-likeness (QED) is 0.496. The second-order valence-corrected chi connectivity index (χ2v) is 7.54. The summed E-state index contributed by atoms with van der Waals surface area (Å²) in [7, 11) is -2.97. The van der Waals surface area contributed by atoms with Gasteiger partial charge in [0.2, 0.25) is 5.82 Å². The Balaban J connectivity index is 0.000000491. The van der Waals surface area contributed by atoms with Gasteiger partial charge in [-0.3, -0.25) is 9.88 Å². The summed E-state index contributed by atoms with van der Waals surface area (Å²) in [5, 5.41) is 11.7. The Morgan fingerprint density at radius 1 is 1.23 bits per heavy atom. The molecule has 1 fully saturated rings. The molecule has 0 radical (unpaired) electrons. The molecule has 3 N–H and O–H groups in total. The van der Waals surface area contributed by atoms with Crippen molar-refractivity contribution in [3.8, 4) is 22.6 Å². The van der Waals surface area contributed by atoms with Gasteiger partial charge in [0.05, 0.1) is 19.3 Å². The van der Waals surface area contributed by atoms with Crippen molar-refractivity contribution in [1.82, 2.24) is 25.2 Å². The van der Waals surface area contributed by atoms with Crippen LogP contribution < -0.4 is 4.90 Å². The largest absolute Gasteiger partial charge is 0.466 e. The summed E-state index contributed by atoms with van der Waals surface area (Å²) in [5.41, 5.74) is 2.01. The second kappa shape index (κ2) is 8.86. The summed E-state index contributed by atoms with van der Waals surface area (Å²) in [5.74, 6) is -0.0430. The van der Waals surface area contributed by atoms with Crippen LogP contribution in [0.2, 0.25) is 0 Å². The molecule has 0 saturated carbocycles. The van der Waals surface area contributed by atoms with E-state index in [0.29, 0.717) is 34.9 Å². The highest BCUT2D eigenvalue weighted by molar-refractivity contribution is 7.45. The van der Waals surface area contributed by atoms with Gasteiger partial charge in [-0.05, 0) is 36.4 Å². The highest BCUT2D eigenvalue weighted by Gasteiger charge is 2.29. The lowest BCUT2D eigenvalue weighted by Crippen LogP contribution is -2.24. The average Bonchev–Trinajstić information content (AvgIpc) is 3.25. The van der Waals surface area contributed by atoms with Gasteiger partial charge in [0.1, 0.15) is 17.6 Å². The third kappa shape index (κ3) is 5.89. The molecule has 1 saturated heterocycles. The molecule has 164 valence electrons. The van der Waals surface area contributed by atoms with Gasteiger partial charge in [-0.1, -0.05) is 6.07 Å². The molecular weight excluding hydrogens is 434 g/mol. The number of pyridine rings is 1. The van der Waals surface area contributed by atoms with Crippen LogP contribution in [-0.4, -0.2) is 58.6 Å². The lowest BCUT2D eigenvalue weighted by Gasteiger charge is -2.14. The Hall–Kier alpha value is -3.25. The number of tetrazole rings is 1. The fourth-order valence-corrected chi connectivity index (χ4v) is 2.79. The van der Waals surface area contributed by atoms with E-state index in [-0.39, 0.29) is 6.10 Å². The number of hydrogen-bond acceptors (Lipinski definition) is 7. The molecule has 1 aliphatic rings.